The van der Waals surface area contributed by atoms with Gasteiger partial charge in [-0.05, 0) is 24.6 Å². The SMILES string of the molecule is CCNC(=NCc1ccnc2ccccc12)N1CCN(c2nc(CC)ns2)CC1.I. The molecule has 0 radical (unpaired) electrons. The van der Waals surface area contributed by atoms with Gasteiger partial charge in [0.2, 0.25) is 5.13 Å². The minimum Gasteiger partial charge on any atom is -0.357 e. The number of anilines is 1. The fraction of sp³-hybridized carbons (Fsp3) is 0.429. The monoisotopic (exact) mass is 537 g/mol. The van der Waals surface area contributed by atoms with Gasteiger partial charge in [-0.2, -0.15) is 4.37 Å². The van der Waals surface area contributed by atoms with Crippen molar-refractivity contribution in [1.29, 1.82) is 0 Å². The number of guanidine groups is 1. The number of aliphatic imine (C=N–C) groups is 1. The highest BCUT2D eigenvalue weighted by Gasteiger charge is 2.22. The highest BCUT2D eigenvalue weighted by Crippen LogP contribution is 2.20. The van der Waals surface area contributed by atoms with E-state index in [1.54, 1.807) is 0 Å². The Kier molecular flexibility index (Phi) is 8.20. The van der Waals surface area contributed by atoms with Gasteiger partial charge in [-0.25, -0.2) is 9.98 Å². The average molecular weight is 537 g/mol. The average Bonchev–Trinajstić information content (AvgIpc) is 3.26. The van der Waals surface area contributed by atoms with Gasteiger partial charge >= 0.3 is 0 Å². The summed E-state index contributed by atoms with van der Waals surface area (Å²) in [6.45, 7) is 9.40. The molecule has 7 nitrogen and oxygen atoms in total. The van der Waals surface area contributed by atoms with E-state index in [9.17, 15) is 0 Å². The zero-order valence-corrected chi connectivity index (χ0v) is 20.6. The van der Waals surface area contributed by atoms with Crippen LogP contribution < -0.4 is 10.2 Å². The number of fused-ring (bicyclic) bond motifs is 1. The van der Waals surface area contributed by atoms with Crippen LogP contribution in [-0.2, 0) is 13.0 Å². The molecule has 0 saturated carbocycles. The van der Waals surface area contributed by atoms with Gasteiger partial charge in [-0.3, -0.25) is 4.98 Å². The Morgan fingerprint density at radius 3 is 2.67 bits per heavy atom. The molecule has 3 heterocycles. The molecule has 1 fully saturated rings. The molecule has 0 amide bonds. The molecule has 0 atom stereocenters. The second kappa shape index (κ2) is 10.9. The molecule has 0 unspecified atom stereocenters. The van der Waals surface area contributed by atoms with Crippen molar-refractivity contribution in [2.75, 3.05) is 37.6 Å². The van der Waals surface area contributed by atoms with Gasteiger partial charge in [0.15, 0.2) is 5.96 Å². The summed E-state index contributed by atoms with van der Waals surface area (Å²) in [6.07, 6.45) is 2.75. The summed E-state index contributed by atoms with van der Waals surface area (Å²) in [4.78, 5) is 18.7. The van der Waals surface area contributed by atoms with Crippen molar-refractivity contribution in [2.24, 2.45) is 4.99 Å². The molecule has 0 aliphatic carbocycles. The summed E-state index contributed by atoms with van der Waals surface area (Å²) < 4.78 is 4.42. The Morgan fingerprint density at radius 1 is 1.13 bits per heavy atom. The second-order valence-electron chi connectivity index (χ2n) is 6.98. The Hall–Kier alpha value is -2.01. The summed E-state index contributed by atoms with van der Waals surface area (Å²) in [5.41, 5.74) is 2.22. The minimum absolute atomic E-state index is 0. The number of aryl methyl sites for hydroxylation is 1. The van der Waals surface area contributed by atoms with Gasteiger partial charge in [-0.15, -0.1) is 24.0 Å². The van der Waals surface area contributed by atoms with Crippen molar-refractivity contribution < 1.29 is 0 Å². The number of hydrogen-bond acceptors (Lipinski definition) is 6. The summed E-state index contributed by atoms with van der Waals surface area (Å²) in [5.74, 6) is 1.91. The highest BCUT2D eigenvalue weighted by molar-refractivity contribution is 14.0. The number of rotatable bonds is 5. The van der Waals surface area contributed by atoms with Gasteiger partial charge < -0.3 is 15.1 Å². The lowest BCUT2D eigenvalue weighted by atomic mass is 10.1. The van der Waals surface area contributed by atoms with Crippen LogP contribution in [0.25, 0.3) is 10.9 Å². The third kappa shape index (κ3) is 5.18. The number of benzene rings is 1. The molecule has 2 aromatic heterocycles. The van der Waals surface area contributed by atoms with E-state index in [0.717, 1.165) is 61.6 Å². The maximum Gasteiger partial charge on any atom is 0.205 e. The van der Waals surface area contributed by atoms with Gasteiger partial charge in [-0.1, -0.05) is 25.1 Å². The predicted molar refractivity (Wildman–Crippen MR) is 135 cm³/mol. The molecular weight excluding hydrogens is 509 g/mol. The standard InChI is InChI=1S/C21H27N7S.HI/c1-3-19-25-21(29-26-19)28-13-11-27(12-14-28)20(22-4-2)24-15-16-9-10-23-18-8-6-5-7-17(16)18;/h5-10H,3-4,11-15H2,1-2H3,(H,22,24);1H. The molecule has 3 aromatic rings. The van der Waals surface area contributed by atoms with E-state index in [1.165, 1.54) is 22.5 Å². The normalized spacial score (nSPS) is 14.7. The Balaban J connectivity index is 0.00000256. The first-order chi connectivity index (χ1) is 14.3. The molecule has 30 heavy (non-hydrogen) atoms. The van der Waals surface area contributed by atoms with Crippen molar-refractivity contribution in [3.8, 4) is 0 Å². The van der Waals surface area contributed by atoms with Crippen LogP contribution in [-0.4, -0.2) is 57.9 Å². The predicted octanol–water partition coefficient (Wildman–Crippen LogP) is 3.55. The van der Waals surface area contributed by atoms with E-state index in [1.807, 2.05) is 18.3 Å². The lowest BCUT2D eigenvalue weighted by molar-refractivity contribution is 0.372. The van der Waals surface area contributed by atoms with Crippen LogP contribution in [0.3, 0.4) is 0 Å². The number of nitrogens with zero attached hydrogens (tertiary/aromatic N) is 6. The van der Waals surface area contributed by atoms with E-state index in [2.05, 4.69) is 61.5 Å². The Bertz CT molecular complexity index is 977. The molecule has 1 aromatic carbocycles. The highest BCUT2D eigenvalue weighted by atomic mass is 127. The molecule has 4 rings (SSSR count). The van der Waals surface area contributed by atoms with Crippen LogP contribution in [0, 0.1) is 0 Å². The van der Waals surface area contributed by atoms with Crippen LogP contribution in [0.4, 0.5) is 5.13 Å². The smallest absolute Gasteiger partial charge is 0.205 e. The molecule has 1 N–H and O–H groups in total. The fourth-order valence-corrected chi connectivity index (χ4v) is 4.31. The van der Waals surface area contributed by atoms with E-state index < -0.39 is 0 Å². The summed E-state index contributed by atoms with van der Waals surface area (Å²) in [5, 5.41) is 5.66. The van der Waals surface area contributed by atoms with Gasteiger partial charge in [0.25, 0.3) is 0 Å². The summed E-state index contributed by atoms with van der Waals surface area (Å²) in [6, 6.07) is 10.3. The molecule has 160 valence electrons. The number of aromatic nitrogens is 3. The van der Waals surface area contributed by atoms with Crippen LogP contribution in [0.5, 0.6) is 0 Å². The molecule has 1 aliphatic rings. The van der Waals surface area contributed by atoms with Gasteiger partial charge in [0, 0.05) is 62.3 Å². The first-order valence-corrected chi connectivity index (χ1v) is 11.0. The van der Waals surface area contributed by atoms with Gasteiger partial charge in [0.1, 0.15) is 5.82 Å². The number of halogens is 1. The van der Waals surface area contributed by atoms with Crippen LogP contribution in [0.2, 0.25) is 0 Å². The minimum atomic E-state index is 0. The number of piperazine rings is 1. The molecular formula is C21H28IN7S. The third-order valence-corrected chi connectivity index (χ3v) is 5.91. The topological polar surface area (TPSA) is 69.5 Å². The van der Waals surface area contributed by atoms with E-state index >= 15 is 0 Å². The van der Waals surface area contributed by atoms with Crippen molar-refractivity contribution in [3.05, 3.63) is 47.9 Å². The van der Waals surface area contributed by atoms with Crippen LogP contribution >= 0.6 is 35.5 Å². The lowest BCUT2D eigenvalue weighted by Crippen LogP contribution is -2.52. The van der Waals surface area contributed by atoms with E-state index in [-0.39, 0.29) is 24.0 Å². The van der Waals surface area contributed by atoms with E-state index in [4.69, 9.17) is 4.99 Å². The number of pyridine rings is 1. The van der Waals surface area contributed by atoms with Crippen molar-refractivity contribution >= 4 is 57.5 Å². The number of para-hydroxylation sites is 1. The first-order valence-electron chi connectivity index (χ1n) is 10.2. The molecule has 0 spiro atoms. The van der Waals surface area contributed by atoms with E-state index in [0.29, 0.717) is 6.54 Å². The van der Waals surface area contributed by atoms with Crippen LogP contribution in [0.15, 0.2) is 41.5 Å². The first kappa shape index (κ1) is 22.7. The maximum atomic E-state index is 4.93. The van der Waals surface area contributed by atoms with Crippen molar-refractivity contribution in [2.45, 2.75) is 26.8 Å². The largest absolute Gasteiger partial charge is 0.357 e. The molecule has 9 heteroatoms. The summed E-state index contributed by atoms with van der Waals surface area (Å²) >= 11 is 1.50. The molecule has 1 saturated heterocycles. The molecule has 0 bridgehead atoms. The fourth-order valence-electron chi connectivity index (χ4n) is 3.51. The van der Waals surface area contributed by atoms with Gasteiger partial charge in [0.05, 0.1) is 12.1 Å². The second-order valence-corrected chi connectivity index (χ2v) is 7.71. The third-order valence-electron chi connectivity index (χ3n) is 5.10. The van der Waals surface area contributed by atoms with Crippen molar-refractivity contribution in [1.82, 2.24) is 24.6 Å². The molecule has 1 aliphatic heterocycles. The zero-order valence-electron chi connectivity index (χ0n) is 17.4. The number of hydrogen-bond donors (Lipinski definition) is 1. The Labute approximate surface area is 198 Å². The van der Waals surface area contributed by atoms with Crippen molar-refractivity contribution in [3.63, 3.8) is 0 Å². The van der Waals surface area contributed by atoms with Crippen LogP contribution in [0.1, 0.15) is 25.2 Å². The lowest BCUT2D eigenvalue weighted by Gasteiger charge is -2.36. The quantitative estimate of drug-likeness (QED) is 0.305. The zero-order chi connectivity index (χ0) is 20.1. The summed E-state index contributed by atoms with van der Waals surface area (Å²) in [7, 11) is 0. The maximum absolute atomic E-state index is 4.93. The Morgan fingerprint density at radius 2 is 1.93 bits per heavy atom. The number of nitrogens with one attached hydrogen (secondary N) is 1.